The average Bonchev–Trinajstić information content (AvgIpc) is 1.94. The molecule has 0 amide bonds. The standard InChI is InChI=1S/C7H4ClFO2.ClH/c8-5-3-1-2-4(6(5)9)7(10)11;/h1-3H,(H,10,11);1H. The summed E-state index contributed by atoms with van der Waals surface area (Å²) in [5.74, 6) is -2.20. The van der Waals surface area contributed by atoms with E-state index in [-0.39, 0.29) is 17.4 Å². The number of hydrogen-bond donors (Lipinski definition) is 1. The van der Waals surface area contributed by atoms with Crippen molar-refractivity contribution < 1.29 is 14.3 Å². The van der Waals surface area contributed by atoms with Crippen LogP contribution in [0.4, 0.5) is 4.39 Å². The Balaban J connectivity index is 0.00000121. The fourth-order valence-corrected chi connectivity index (χ4v) is 0.844. The first-order valence-corrected chi connectivity index (χ1v) is 3.18. The molecular weight excluding hydrogens is 206 g/mol. The van der Waals surface area contributed by atoms with Gasteiger partial charge in [-0.15, -0.1) is 12.4 Å². The van der Waals surface area contributed by atoms with Crippen molar-refractivity contribution in [2.45, 2.75) is 0 Å². The Morgan fingerprint density at radius 3 is 2.50 bits per heavy atom. The molecule has 0 unspecified atom stereocenters. The van der Waals surface area contributed by atoms with Crippen molar-refractivity contribution in [3.05, 3.63) is 34.6 Å². The highest BCUT2D eigenvalue weighted by Crippen LogP contribution is 2.17. The van der Waals surface area contributed by atoms with Crippen LogP contribution in [0.3, 0.4) is 0 Å². The lowest BCUT2D eigenvalue weighted by Crippen LogP contribution is -1.99. The van der Waals surface area contributed by atoms with Gasteiger partial charge in [-0.1, -0.05) is 17.7 Å². The van der Waals surface area contributed by atoms with Crippen molar-refractivity contribution in [1.82, 2.24) is 0 Å². The van der Waals surface area contributed by atoms with Crippen molar-refractivity contribution in [2.24, 2.45) is 0 Å². The number of rotatable bonds is 1. The van der Waals surface area contributed by atoms with Gasteiger partial charge in [0.05, 0.1) is 10.6 Å². The highest BCUT2D eigenvalue weighted by atomic mass is 35.5. The maximum Gasteiger partial charge on any atom is 0.338 e. The molecular formula is C7H5Cl2FO2. The van der Waals surface area contributed by atoms with Crippen molar-refractivity contribution >= 4 is 30.0 Å². The molecule has 0 fully saturated rings. The van der Waals surface area contributed by atoms with Crippen LogP contribution in [0.2, 0.25) is 5.02 Å². The molecule has 0 saturated heterocycles. The predicted molar refractivity (Wildman–Crippen MR) is 45.6 cm³/mol. The van der Waals surface area contributed by atoms with Gasteiger partial charge in [0.25, 0.3) is 0 Å². The Bertz CT molecular complexity index is 301. The van der Waals surface area contributed by atoms with E-state index in [0.717, 1.165) is 6.07 Å². The first-order valence-electron chi connectivity index (χ1n) is 2.80. The summed E-state index contributed by atoms with van der Waals surface area (Å²) in [4.78, 5) is 10.3. The van der Waals surface area contributed by atoms with E-state index in [1.54, 1.807) is 0 Å². The van der Waals surface area contributed by atoms with Gasteiger partial charge in [0.1, 0.15) is 0 Å². The number of carboxylic acid groups (broad SMARTS) is 1. The molecule has 0 aliphatic rings. The van der Waals surface area contributed by atoms with E-state index in [9.17, 15) is 9.18 Å². The maximum atomic E-state index is 12.7. The monoisotopic (exact) mass is 210 g/mol. The molecule has 0 aliphatic heterocycles. The number of carbonyl (C=O) groups is 1. The van der Waals surface area contributed by atoms with Crippen LogP contribution >= 0.6 is 24.0 Å². The summed E-state index contributed by atoms with van der Waals surface area (Å²) < 4.78 is 12.7. The number of hydrogen-bond acceptors (Lipinski definition) is 1. The molecule has 1 aromatic rings. The normalized spacial score (nSPS) is 8.83. The summed E-state index contributed by atoms with van der Waals surface area (Å²) in [6.45, 7) is 0. The van der Waals surface area contributed by atoms with Gasteiger partial charge in [-0.3, -0.25) is 0 Å². The lowest BCUT2D eigenvalue weighted by Gasteiger charge is -1.96. The van der Waals surface area contributed by atoms with Crippen LogP contribution in [0.5, 0.6) is 0 Å². The third-order valence-corrected chi connectivity index (χ3v) is 1.47. The molecule has 1 N–H and O–H groups in total. The molecule has 1 rings (SSSR count). The molecule has 5 heteroatoms. The summed E-state index contributed by atoms with van der Waals surface area (Å²) >= 11 is 5.32. The van der Waals surface area contributed by atoms with Gasteiger partial charge >= 0.3 is 5.97 Å². The zero-order chi connectivity index (χ0) is 8.43. The second-order valence-corrected chi connectivity index (χ2v) is 2.31. The number of aromatic carboxylic acids is 1. The molecule has 12 heavy (non-hydrogen) atoms. The van der Waals surface area contributed by atoms with Gasteiger partial charge in [0.2, 0.25) is 0 Å². The molecule has 0 heterocycles. The third-order valence-electron chi connectivity index (χ3n) is 1.18. The molecule has 0 spiro atoms. The van der Waals surface area contributed by atoms with Gasteiger partial charge in [-0.05, 0) is 12.1 Å². The summed E-state index contributed by atoms with van der Waals surface area (Å²) in [6, 6.07) is 3.84. The summed E-state index contributed by atoms with van der Waals surface area (Å²) in [7, 11) is 0. The Morgan fingerprint density at radius 1 is 1.50 bits per heavy atom. The predicted octanol–water partition coefficient (Wildman–Crippen LogP) is 2.60. The fraction of sp³-hybridized carbons (Fsp3) is 0. The van der Waals surface area contributed by atoms with Crippen molar-refractivity contribution in [3.8, 4) is 0 Å². The van der Waals surface area contributed by atoms with Crippen molar-refractivity contribution in [1.29, 1.82) is 0 Å². The topological polar surface area (TPSA) is 37.3 Å². The second kappa shape index (κ2) is 4.28. The highest BCUT2D eigenvalue weighted by Gasteiger charge is 2.11. The van der Waals surface area contributed by atoms with Crippen molar-refractivity contribution in [3.63, 3.8) is 0 Å². The van der Waals surface area contributed by atoms with E-state index in [0.29, 0.717) is 0 Å². The third kappa shape index (κ3) is 2.09. The van der Waals surface area contributed by atoms with Crippen LogP contribution in [-0.2, 0) is 0 Å². The number of carboxylic acids is 1. The summed E-state index contributed by atoms with van der Waals surface area (Å²) in [5, 5.41) is 8.22. The zero-order valence-corrected chi connectivity index (χ0v) is 7.32. The molecule has 0 aliphatic carbocycles. The molecule has 66 valence electrons. The smallest absolute Gasteiger partial charge is 0.338 e. The quantitative estimate of drug-likeness (QED) is 0.774. The van der Waals surface area contributed by atoms with Crippen LogP contribution < -0.4 is 0 Å². The second-order valence-electron chi connectivity index (χ2n) is 1.91. The lowest BCUT2D eigenvalue weighted by molar-refractivity contribution is 0.0692. The first kappa shape index (κ1) is 11.2. The minimum Gasteiger partial charge on any atom is -0.478 e. The molecule has 1 aromatic carbocycles. The summed E-state index contributed by atoms with van der Waals surface area (Å²) in [6.07, 6.45) is 0. The van der Waals surface area contributed by atoms with Crippen LogP contribution in [-0.4, -0.2) is 11.1 Å². The van der Waals surface area contributed by atoms with Gasteiger partial charge in [-0.25, -0.2) is 9.18 Å². The van der Waals surface area contributed by atoms with E-state index < -0.39 is 17.3 Å². The van der Waals surface area contributed by atoms with E-state index in [2.05, 4.69) is 0 Å². The fourth-order valence-electron chi connectivity index (χ4n) is 0.669. The molecule has 2 nitrogen and oxygen atoms in total. The van der Waals surface area contributed by atoms with Gasteiger partial charge < -0.3 is 5.11 Å². The SMILES string of the molecule is Cl.O=C(O)c1cccc(Cl)c1F. The van der Waals surface area contributed by atoms with Crippen molar-refractivity contribution in [2.75, 3.05) is 0 Å². The molecule has 0 radical (unpaired) electrons. The van der Waals surface area contributed by atoms with Gasteiger partial charge in [0.15, 0.2) is 5.82 Å². The lowest BCUT2D eigenvalue weighted by atomic mass is 10.2. The van der Waals surface area contributed by atoms with Gasteiger partial charge in [-0.2, -0.15) is 0 Å². The Morgan fingerprint density at radius 2 is 2.08 bits per heavy atom. The van der Waals surface area contributed by atoms with Crippen LogP contribution in [0.25, 0.3) is 0 Å². The molecule has 0 aromatic heterocycles. The minimum absolute atomic E-state index is 0. The van der Waals surface area contributed by atoms with Gasteiger partial charge in [0, 0.05) is 0 Å². The Labute approximate surface area is 79.4 Å². The summed E-state index contributed by atoms with van der Waals surface area (Å²) in [5.41, 5.74) is -0.405. The van der Waals surface area contributed by atoms with E-state index >= 15 is 0 Å². The molecule has 0 saturated carbocycles. The largest absolute Gasteiger partial charge is 0.478 e. The van der Waals surface area contributed by atoms with E-state index in [1.165, 1.54) is 12.1 Å². The average molecular weight is 211 g/mol. The first-order chi connectivity index (χ1) is 5.13. The van der Waals surface area contributed by atoms with Crippen LogP contribution in [0, 0.1) is 5.82 Å². The Kier molecular flexibility index (Phi) is 4.00. The molecule has 0 bridgehead atoms. The van der Waals surface area contributed by atoms with E-state index in [4.69, 9.17) is 16.7 Å². The maximum absolute atomic E-state index is 12.7. The molecule has 0 atom stereocenters. The number of benzene rings is 1. The van der Waals surface area contributed by atoms with E-state index in [1.807, 2.05) is 0 Å². The zero-order valence-electron chi connectivity index (χ0n) is 5.75. The van der Waals surface area contributed by atoms with Crippen LogP contribution in [0.15, 0.2) is 18.2 Å². The van der Waals surface area contributed by atoms with Crippen LogP contribution in [0.1, 0.15) is 10.4 Å². The number of halogens is 3. The Hall–Kier alpha value is -0.800. The highest BCUT2D eigenvalue weighted by molar-refractivity contribution is 6.31. The minimum atomic E-state index is -1.31.